The molecule has 1 heterocycles. The van der Waals surface area contributed by atoms with E-state index in [2.05, 4.69) is 5.32 Å². The molecular formula is C15H19F3N2O3S. The number of carbonyl (C=O) groups is 1. The predicted octanol–water partition coefficient (Wildman–Crippen LogP) is 2.85. The lowest BCUT2D eigenvalue weighted by molar-refractivity contribution is -0.137. The second-order valence-corrected chi connectivity index (χ2v) is 7.69. The fourth-order valence-electron chi connectivity index (χ4n) is 2.71. The van der Waals surface area contributed by atoms with E-state index < -0.39 is 33.7 Å². The van der Waals surface area contributed by atoms with E-state index in [4.69, 9.17) is 0 Å². The summed E-state index contributed by atoms with van der Waals surface area (Å²) < 4.78 is 63.6. The van der Waals surface area contributed by atoms with Crippen molar-refractivity contribution in [1.82, 2.24) is 4.31 Å². The number of nitrogens with one attached hydrogen (secondary N) is 1. The maximum absolute atomic E-state index is 12.7. The van der Waals surface area contributed by atoms with Crippen molar-refractivity contribution < 1.29 is 26.4 Å². The average Bonchev–Trinajstić information content (AvgIpc) is 2.97. The van der Waals surface area contributed by atoms with E-state index in [1.807, 2.05) is 0 Å². The molecule has 1 aromatic carbocycles. The van der Waals surface area contributed by atoms with Gasteiger partial charge >= 0.3 is 6.18 Å². The molecule has 1 N–H and O–H groups in total. The summed E-state index contributed by atoms with van der Waals surface area (Å²) in [5, 5.41) is 2.40. The largest absolute Gasteiger partial charge is 0.416 e. The number of hydrogen-bond donors (Lipinski definition) is 1. The van der Waals surface area contributed by atoms with Gasteiger partial charge in [0.15, 0.2) is 0 Å². The Morgan fingerprint density at radius 3 is 2.71 bits per heavy atom. The van der Waals surface area contributed by atoms with Crippen molar-refractivity contribution in [2.45, 2.75) is 38.4 Å². The number of amides is 1. The smallest absolute Gasteiger partial charge is 0.325 e. The van der Waals surface area contributed by atoms with Crippen molar-refractivity contribution in [3.63, 3.8) is 0 Å². The summed E-state index contributed by atoms with van der Waals surface area (Å²) in [5.74, 6) is -0.660. The Hall–Kier alpha value is -1.61. The summed E-state index contributed by atoms with van der Waals surface area (Å²) >= 11 is 0. The minimum absolute atomic E-state index is 0.00503. The number of sulfonamides is 1. The Labute approximate surface area is 138 Å². The van der Waals surface area contributed by atoms with Crippen LogP contribution in [0.25, 0.3) is 0 Å². The van der Waals surface area contributed by atoms with Crippen LogP contribution in [0.4, 0.5) is 18.9 Å². The summed E-state index contributed by atoms with van der Waals surface area (Å²) in [6, 6.07) is 3.39. The van der Waals surface area contributed by atoms with Crippen LogP contribution in [0.5, 0.6) is 0 Å². The van der Waals surface area contributed by atoms with E-state index in [9.17, 15) is 26.4 Å². The van der Waals surface area contributed by atoms with Crippen LogP contribution in [-0.2, 0) is 21.0 Å². The third-order valence-corrected chi connectivity index (χ3v) is 5.86. The van der Waals surface area contributed by atoms with Gasteiger partial charge in [-0.1, -0.05) is 13.0 Å². The quantitative estimate of drug-likeness (QED) is 0.874. The van der Waals surface area contributed by atoms with Crippen LogP contribution in [0.1, 0.15) is 31.7 Å². The number of carbonyl (C=O) groups excluding carboxylic acids is 1. The topological polar surface area (TPSA) is 66.5 Å². The molecule has 9 heteroatoms. The zero-order valence-corrected chi connectivity index (χ0v) is 14.0. The average molecular weight is 364 g/mol. The third-order valence-electron chi connectivity index (χ3n) is 3.78. The number of halogens is 3. The molecule has 1 aliphatic heterocycles. The first-order valence-electron chi connectivity index (χ1n) is 7.63. The van der Waals surface area contributed by atoms with Gasteiger partial charge in [0.2, 0.25) is 15.9 Å². The van der Waals surface area contributed by atoms with E-state index in [0.29, 0.717) is 19.3 Å². The number of alkyl halides is 3. The molecule has 1 atom stereocenters. The van der Waals surface area contributed by atoms with Gasteiger partial charge in [-0.05, 0) is 37.5 Å². The van der Waals surface area contributed by atoms with Crippen LogP contribution in [-0.4, -0.2) is 37.0 Å². The van der Waals surface area contributed by atoms with E-state index in [0.717, 1.165) is 16.4 Å². The van der Waals surface area contributed by atoms with Crippen LogP contribution < -0.4 is 5.32 Å². The summed E-state index contributed by atoms with van der Waals surface area (Å²) in [6.45, 7) is 1.98. The molecule has 0 saturated carbocycles. The maximum Gasteiger partial charge on any atom is 0.416 e. The summed E-state index contributed by atoms with van der Waals surface area (Å²) in [4.78, 5) is 12.3. The molecule has 24 heavy (non-hydrogen) atoms. The highest BCUT2D eigenvalue weighted by molar-refractivity contribution is 7.89. The summed E-state index contributed by atoms with van der Waals surface area (Å²) in [5.41, 5.74) is -0.878. The first-order chi connectivity index (χ1) is 11.1. The van der Waals surface area contributed by atoms with Gasteiger partial charge in [-0.2, -0.15) is 17.5 Å². The first-order valence-corrected chi connectivity index (χ1v) is 9.23. The molecule has 0 aliphatic carbocycles. The number of hydrogen-bond acceptors (Lipinski definition) is 3. The van der Waals surface area contributed by atoms with Crippen LogP contribution in [0.15, 0.2) is 24.3 Å². The lowest BCUT2D eigenvalue weighted by Crippen LogP contribution is -2.44. The SMILES string of the molecule is CCCS(=O)(=O)N1CCC[C@@H]1C(=O)Nc1cccc(C(F)(F)F)c1. The van der Waals surface area contributed by atoms with Gasteiger partial charge in [0.25, 0.3) is 0 Å². The molecular weight excluding hydrogens is 345 g/mol. The van der Waals surface area contributed by atoms with Crippen molar-refractivity contribution in [3.8, 4) is 0 Å². The van der Waals surface area contributed by atoms with Gasteiger partial charge in [0.05, 0.1) is 11.3 Å². The minimum Gasteiger partial charge on any atom is -0.325 e. The highest BCUT2D eigenvalue weighted by Gasteiger charge is 2.38. The molecule has 1 aromatic rings. The molecule has 0 radical (unpaired) electrons. The molecule has 0 bridgehead atoms. The fraction of sp³-hybridized carbons (Fsp3) is 0.533. The van der Waals surface area contributed by atoms with Crippen molar-refractivity contribution >= 4 is 21.6 Å². The van der Waals surface area contributed by atoms with Gasteiger partial charge in [-0.3, -0.25) is 4.79 Å². The lowest BCUT2D eigenvalue weighted by atomic mass is 10.1. The zero-order valence-electron chi connectivity index (χ0n) is 13.1. The molecule has 1 aliphatic rings. The van der Waals surface area contributed by atoms with Crippen LogP contribution in [0, 0.1) is 0 Å². The van der Waals surface area contributed by atoms with Gasteiger partial charge in [-0.15, -0.1) is 0 Å². The Morgan fingerprint density at radius 1 is 1.38 bits per heavy atom. The standard InChI is InChI=1S/C15H19F3N2O3S/c1-2-9-24(22,23)20-8-4-7-13(20)14(21)19-12-6-3-5-11(10-12)15(16,17)18/h3,5-6,10,13H,2,4,7-9H2,1H3,(H,19,21)/t13-/m1/s1. The van der Waals surface area contributed by atoms with Gasteiger partial charge in [-0.25, -0.2) is 8.42 Å². The van der Waals surface area contributed by atoms with Crippen molar-refractivity contribution in [1.29, 1.82) is 0 Å². The normalized spacial score (nSPS) is 19.4. The lowest BCUT2D eigenvalue weighted by Gasteiger charge is -2.23. The van der Waals surface area contributed by atoms with E-state index in [1.165, 1.54) is 12.1 Å². The monoisotopic (exact) mass is 364 g/mol. The Morgan fingerprint density at radius 2 is 2.08 bits per heavy atom. The summed E-state index contributed by atoms with van der Waals surface area (Å²) in [6.07, 6.45) is -3.18. The van der Waals surface area contributed by atoms with E-state index in [1.54, 1.807) is 6.92 Å². The number of benzene rings is 1. The van der Waals surface area contributed by atoms with Crippen LogP contribution in [0.2, 0.25) is 0 Å². The molecule has 1 fully saturated rings. The number of rotatable bonds is 5. The molecule has 2 rings (SSSR count). The van der Waals surface area contributed by atoms with Crippen molar-refractivity contribution in [2.24, 2.45) is 0 Å². The zero-order chi connectivity index (χ0) is 18.0. The maximum atomic E-state index is 12.7. The van der Waals surface area contributed by atoms with Crippen LogP contribution >= 0.6 is 0 Å². The minimum atomic E-state index is -4.51. The van der Waals surface area contributed by atoms with Gasteiger partial charge in [0.1, 0.15) is 6.04 Å². The predicted molar refractivity (Wildman–Crippen MR) is 83.9 cm³/mol. The van der Waals surface area contributed by atoms with Gasteiger partial charge < -0.3 is 5.32 Å². The molecule has 0 unspecified atom stereocenters. The third kappa shape index (κ3) is 4.27. The highest BCUT2D eigenvalue weighted by atomic mass is 32.2. The Kier molecular flexibility index (Phi) is 5.54. The molecule has 1 amide bonds. The van der Waals surface area contributed by atoms with Crippen molar-refractivity contribution in [2.75, 3.05) is 17.6 Å². The fourth-order valence-corrected chi connectivity index (χ4v) is 4.46. The molecule has 0 spiro atoms. The van der Waals surface area contributed by atoms with Crippen LogP contribution in [0.3, 0.4) is 0 Å². The first kappa shape index (κ1) is 18.7. The summed E-state index contributed by atoms with van der Waals surface area (Å²) in [7, 11) is -3.54. The van der Waals surface area contributed by atoms with E-state index in [-0.39, 0.29) is 18.0 Å². The Balaban J connectivity index is 2.15. The second kappa shape index (κ2) is 7.10. The molecule has 0 aromatic heterocycles. The van der Waals surface area contributed by atoms with Crippen molar-refractivity contribution in [3.05, 3.63) is 29.8 Å². The Bertz CT molecular complexity index is 704. The second-order valence-electron chi connectivity index (χ2n) is 5.65. The number of anilines is 1. The molecule has 134 valence electrons. The molecule has 1 saturated heterocycles. The number of nitrogens with zero attached hydrogens (tertiary/aromatic N) is 1. The van der Waals surface area contributed by atoms with Gasteiger partial charge in [0, 0.05) is 12.2 Å². The molecule has 5 nitrogen and oxygen atoms in total. The van der Waals surface area contributed by atoms with E-state index >= 15 is 0 Å². The highest BCUT2D eigenvalue weighted by Crippen LogP contribution is 2.31.